The lowest BCUT2D eigenvalue weighted by Gasteiger charge is -2.08. The monoisotopic (exact) mass is 395 g/mol. The first-order valence-corrected chi connectivity index (χ1v) is 9.41. The van der Waals surface area contributed by atoms with Crippen molar-refractivity contribution in [2.75, 3.05) is 18.5 Å². The molecule has 152 valence electrons. The number of para-hydroxylation sites is 1. The van der Waals surface area contributed by atoms with Crippen molar-refractivity contribution in [2.45, 2.75) is 20.8 Å². The molecule has 0 saturated heterocycles. The van der Waals surface area contributed by atoms with Crippen molar-refractivity contribution in [2.24, 2.45) is 5.92 Å². The van der Waals surface area contributed by atoms with Gasteiger partial charge in [0.1, 0.15) is 5.75 Å². The zero-order valence-electron chi connectivity index (χ0n) is 16.8. The van der Waals surface area contributed by atoms with Gasteiger partial charge in [0, 0.05) is 28.8 Å². The van der Waals surface area contributed by atoms with Crippen molar-refractivity contribution in [1.82, 2.24) is 0 Å². The largest absolute Gasteiger partial charge is 0.493 e. The maximum absolute atomic E-state index is 12.2. The van der Waals surface area contributed by atoms with Crippen LogP contribution in [0.4, 0.5) is 5.69 Å². The van der Waals surface area contributed by atoms with Crippen LogP contribution in [0.3, 0.4) is 0 Å². The van der Waals surface area contributed by atoms with E-state index < -0.39 is 5.97 Å². The van der Waals surface area contributed by atoms with E-state index in [1.54, 1.807) is 44.2 Å². The third-order valence-electron chi connectivity index (χ3n) is 3.96. The summed E-state index contributed by atoms with van der Waals surface area (Å²) < 4.78 is 10.5. The van der Waals surface area contributed by atoms with E-state index in [1.807, 2.05) is 31.2 Å². The van der Waals surface area contributed by atoms with E-state index in [9.17, 15) is 14.4 Å². The lowest BCUT2D eigenvalue weighted by Crippen LogP contribution is -2.18. The van der Waals surface area contributed by atoms with Crippen molar-refractivity contribution in [3.63, 3.8) is 0 Å². The van der Waals surface area contributed by atoms with Crippen molar-refractivity contribution in [3.8, 4) is 5.75 Å². The van der Waals surface area contributed by atoms with Gasteiger partial charge < -0.3 is 14.8 Å². The topological polar surface area (TPSA) is 81.7 Å². The highest BCUT2D eigenvalue weighted by atomic mass is 16.5. The average molecular weight is 395 g/mol. The molecule has 1 N–H and O–H groups in total. The SMILES string of the molecule is CCOc1ccccc1/C=C/C(=O)OCC(=O)c1ccc(NC(=O)C(C)C)cc1. The van der Waals surface area contributed by atoms with Gasteiger partial charge in [-0.15, -0.1) is 0 Å². The number of Topliss-reactive ketones (excluding diaryl/α,β-unsaturated/α-hetero) is 1. The van der Waals surface area contributed by atoms with E-state index in [0.717, 1.165) is 5.56 Å². The second-order valence-corrected chi connectivity index (χ2v) is 6.56. The Balaban J connectivity index is 1.88. The van der Waals surface area contributed by atoms with Crippen LogP contribution in [0.15, 0.2) is 54.6 Å². The van der Waals surface area contributed by atoms with Crippen LogP contribution >= 0.6 is 0 Å². The highest BCUT2D eigenvalue weighted by Gasteiger charge is 2.11. The molecule has 2 rings (SSSR count). The van der Waals surface area contributed by atoms with Gasteiger partial charge in [0.05, 0.1) is 6.61 Å². The lowest BCUT2D eigenvalue weighted by atomic mass is 10.1. The fourth-order valence-corrected chi connectivity index (χ4v) is 2.36. The van der Waals surface area contributed by atoms with Crippen LogP contribution in [0.25, 0.3) is 6.08 Å². The van der Waals surface area contributed by atoms with Gasteiger partial charge in [-0.25, -0.2) is 4.79 Å². The number of anilines is 1. The number of ketones is 1. The number of rotatable bonds is 9. The first-order chi connectivity index (χ1) is 13.9. The number of ether oxygens (including phenoxy) is 2. The number of hydrogen-bond donors (Lipinski definition) is 1. The van der Waals surface area contributed by atoms with Crippen molar-refractivity contribution >= 4 is 29.4 Å². The summed E-state index contributed by atoms with van der Waals surface area (Å²) in [5.41, 5.74) is 1.75. The Labute approximate surface area is 170 Å². The van der Waals surface area contributed by atoms with E-state index in [-0.39, 0.29) is 24.2 Å². The van der Waals surface area contributed by atoms with Crippen molar-refractivity contribution in [3.05, 3.63) is 65.7 Å². The lowest BCUT2D eigenvalue weighted by molar-refractivity contribution is -0.136. The Bertz CT molecular complexity index is 884. The Morgan fingerprint density at radius 3 is 2.38 bits per heavy atom. The van der Waals surface area contributed by atoms with E-state index in [4.69, 9.17) is 9.47 Å². The van der Waals surface area contributed by atoms with Gasteiger partial charge >= 0.3 is 5.97 Å². The van der Waals surface area contributed by atoms with E-state index in [0.29, 0.717) is 23.6 Å². The molecule has 2 aromatic rings. The Morgan fingerprint density at radius 2 is 1.72 bits per heavy atom. The van der Waals surface area contributed by atoms with Crippen LogP contribution in [0.2, 0.25) is 0 Å². The Morgan fingerprint density at radius 1 is 1.03 bits per heavy atom. The van der Waals surface area contributed by atoms with Crippen LogP contribution in [-0.4, -0.2) is 30.9 Å². The Kier molecular flexibility index (Phi) is 8.15. The van der Waals surface area contributed by atoms with Crippen LogP contribution in [-0.2, 0) is 14.3 Å². The van der Waals surface area contributed by atoms with Gasteiger partial charge in [0.2, 0.25) is 5.91 Å². The minimum Gasteiger partial charge on any atom is -0.493 e. The summed E-state index contributed by atoms with van der Waals surface area (Å²) in [7, 11) is 0. The number of hydrogen-bond acceptors (Lipinski definition) is 5. The third-order valence-corrected chi connectivity index (χ3v) is 3.96. The maximum atomic E-state index is 12.2. The predicted molar refractivity (Wildman–Crippen MR) is 112 cm³/mol. The number of amides is 1. The summed E-state index contributed by atoms with van der Waals surface area (Å²) in [5.74, 6) is -0.520. The van der Waals surface area contributed by atoms with Gasteiger partial charge in [-0.3, -0.25) is 9.59 Å². The van der Waals surface area contributed by atoms with Gasteiger partial charge in [-0.05, 0) is 43.3 Å². The molecule has 0 bridgehead atoms. The molecule has 29 heavy (non-hydrogen) atoms. The molecule has 0 aliphatic rings. The predicted octanol–water partition coefficient (Wildman–Crippen LogP) is 4.12. The molecule has 0 radical (unpaired) electrons. The molecule has 0 unspecified atom stereocenters. The summed E-state index contributed by atoms with van der Waals surface area (Å²) in [4.78, 5) is 35.8. The molecule has 6 nitrogen and oxygen atoms in total. The minimum atomic E-state index is -0.620. The number of carbonyl (C=O) groups is 3. The van der Waals surface area contributed by atoms with Crippen LogP contribution in [0.5, 0.6) is 5.75 Å². The normalized spacial score (nSPS) is 10.8. The summed E-state index contributed by atoms with van der Waals surface area (Å²) in [6, 6.07) is 13.8. The van der Waals surface area contributed by atoms with E-state index >= 15 is 0 Å². The number of carbonyl (C=O) groups excluding carboxylic acids is 3. The van der Waals surface area contributed by atoms with Crippen LogP contribution < -0.4 is 10.1 Å². The van der Waals surface area contributed by atoms with Crippen molar-refractivity contribution in [1.29, 1.82) is 0 Å². The Hall–Kier alpha value is -3.41. The van der Waals surface area contributed by atoms with Gasteiger partial charge in [-0.1, -0.05) is 32.0 Å². The highest BCUT2D eigenvalue weighted by molar-refractivity contribution is 5.99. The molecular weight excluding hydrogens is 370 g/mol. The molecule has 1 amide bonds. The summed E-state index contributed by atoms with van der Waals surface area (Å²) in [6.45, 7) is 5.62. The molecule has 0 spiro atoms. The van der Waals surface area contributed by atoms with Gasteiger partial charge in [-0.2, -0.15) is 0 Å². The quantitative estimate of drug-likeness (QED) is 0.392. The maximum Gasteiger partial charge on any atom is 0.331 e. The van der Waals surface area contributed by atoms with E-state index in [1.165, 1.54) is 6.08 Å². The highest BCUT2D eigenvalue weighted by Crippen LogP contribution is 2.19. The number of benzene rings is 2. The zero-order valence-corrected chi connectivity index (χ0v) is 16.8. The number of esters is 1. The molecule has 0 aliphatic carbocycles. The molecule has 0 fully saturated rings. The summed E-state index contributed by atoms with van der Waals surface area (Å²) in [5, 5.41) is 2.75. The molecular formula is C23H25NO5. The fourth-order valence-electron chi connectivity index (χ4n) is 2.36. The number of nitrogens with one attached hydrogen (secondary N) is 1. The fraction of sp³-hybridized carbons (Fsp3) is 0.261. The molecule has 0 saturated carbocycles. The van der Waals surface area contributed by atoms with Crippen LogP contribution in [0, 0.1) is 5.92 Å². The summed E-state index contributed by atoms with van der Waals surface area (Å²) >= 11 is 0. The zero-order chi connectivity index (χ0) is 21.2. The standard InChI is InChI=1S/C23H25NO5/c1-4-28-21-8-6-5-7-18(21)11-14-22(26)29-15-20(25)17-9-12-19(13-10-17)24-23(27)16(2)3/h5-14,16H,4,15H2,1-3H3,(H,24,27)/b14-11+. The van der Waals surface area contributed by atoms with Gasteiger partial charge in [0.25, 0.3) is 0 Å². The molecule has 2 aromatic carbocycles. The minimum absolute atomic E-state index is 0.101. The first-order valence-electron chi connectivity index (χ1n) is 9.41. The molecule has 0 aromatic heterocycles. The molecule has 0 aliphatic heterocycles. The second-order valence-electron chi connectivity index (χ2n) is 6.56. The van der Waals surface area contributed by atoms with Crippen molar-refractivity contribution < 1.29 is 23.9 Å². The first kappa shape index (κ1) is 21.9. The molecule has 6 heteroatoms. The third kappa shape index (κ3) is 6.92. The average Bonchev–Trinajstić information content (AvgIpc) is 2.72. The van der Waals surface area contributed by atoms with Crippen LogP contribution in [0.1, 0.15) is 36.7 Å². The van der Waals surface area contributed by atoms with Gasteiger partial charge in [0.15, 0.2) is 12.4 Å². The molecule has 0 atom stereocenters. The summed E-state index contributed by atoms with van der Waals surface area (Å²) in [6.07, 6.45) is 2.85. The van der Waals surface area contributed by atoms with E-state index in [2.05, 4.69) is 5.32 Å². The smallest absolute Gasteiger partial charge is 0.331 e. The molecule has 0 heterocycles. The second kappa shape index (κ2) is 10.8.